The van der Waals surface area contributed by atoms with Crippen molar-refractivity contribution in [1.82, 2.24) is 5.32 Å². The van der Waals surface area contributed by atoms with Crippen molar-refractivity contribution in [3.8, 4) is 11.5 Å². The van der Waals surface area contributed by atoms with Crippen molar-refractivity contribution in [2.45, 2.75) is 31.8 Å². The third kappa shape index (κ3) is 5.72. The van der Waals surface area contributed by atoms with Crippen molar-refractivity contribution in [3.63, 3.8) is 0 Å². The predicted octanol–water partition coefficient (Wildman–Crippen LogP) is 0.891. The summed E-state index contributed by atoms with van der Waals surface area (Å²) in [6.45, 7) is 1.57. The molecule has 3 atom stereocenters. The number of aliphatic hydroxyl groups is 2. The third-order valence-electron chi connectivity index (χ3n) is 5.09. The van der Waals surface area contributed by atoms with E-state index in [1.807, 2.05) is 18.2 Å². The number of rotatable bonds is 7. The van der Waals surface area contributed by atoms with Gasteiger partial charge in [0.25, 0.3) is 0 Å². The lowest BCUT2D eigenvalue weighted by Crippen LogP contribution is -2.37. The molecule has 1 aromatic carbocycles. The van der Waals surface area contributed by atoms with Gasteiger partial charge in [-0.15, -0.1) is 0 Å². The number of nitrogens with one attached hydrogen (secondary N) is 2. The summed E-state index contributed by atoms with van der Waals surface area (Å²) in [5, 5.41) is 25.3. The minimum Gasteiger partial charge on any atom is -0.454 e. The van der Waals surface area contributed by atoms with Gasteiger partial charge < -0.3 is 36.1 Å². The van der Waals surface area contributed by atoms with Gasteiger partial charge in [-0.05, 0) is 49.8 Å². The number of fused-ring (bicyclic) bond motifs is 1. The fourth-order valence-electron chi connectivity index (χ4n) is 3.55. The monoisotopic (exact) mass is 378 g/mol. The van der Waals surface area contributed by atoms with Gasteiger partial charge in [-0.1, -0.05) is 6.42 Å². The molecule has 1 aromatic rings. The SMILES string of the molecule is NCC1CCCC(CNC(=NCC(O)CO)Nc2ccc3c(c2)OCO3)C1. The van der Waals surface area contributed by atoms with Crippen LogP contribution >= 0.6 is 0 Å². The van der Waals surface area contributed by atoms with Crippen molar-refractivity contribution in [1.29, 1.82) is 0 Å². The highest BCUT2D eigenvalue weighted by Crippen LogP contribution is 2.34. The fourth-order valence-corrected chi connectivity index (χ4v) is 3.55. The van der Waals surface area contributed by atoms with E-state index in [0.717, 1.165) is 30.9 Å². The molecule has 6 N–H and O–H groups in total. The summed E-state index contributed by atoms with van der Waals surface area (Å²) in [7, 11) is 0. The maximum atomic E-state index is 9.62. The van der Waals surface area contributed by atoms with E-state index in [-0.39, 0.29) is 19.9 Å². The van der Waals surface area contributed by atoms with E-state index < -0.39 is 6.10 Å². The summed E-state index contributed by atoms with van der Waals surface area (Å²) in [5.41, 5.74) is 6.65. The highest BCUT2D eigenvalue weighted by Gasteiger charge is 2.21. The molecule has 1 saturated carbocycles. The van der Waals surface area contributed by atoms with Crippen LogP contribution in [0.2, 0.25) is 0 Å². The third-order valence-corrected chi connectivity index (χ3v) is 5.09. The topological polar surface area (TPSA) is 121 Å². The molecule has 1 heterocycles. The zero-order valence-corrected chi connectivity index (χ0v) is 15.6. The van der Waals surface area contributed by atoms with Gasteiger partial charge in [0, 0.05) is 18.3 Å². The first-order chi connectivity index (χ1) is 13.2. The number of guanidine groups is 1. The lowest BCUT2D eigenvalue weighted by molar-refractivity contribution is 0.102. The zero-order chi connectivity index (χ0) is 19.1. The van der Waals surface area contributed by atoms with E-state index >= 15 is 0 Å². The minimum atomic E-state index is -0.878. The second-order valence-electron chi connectivity index (χ2n) is 7.23. The van der Waals surface area contributed by atoms with Crippen molar-refractivity contribution >= 4 is 11.6 Å². The number of nitrogens with two attached hydrogens (primary N) is 1. The van der Waals surface area contributed by atoms with Crippen molar-refractivity contribution in [3.05, 3.63) is 18.2 Å². The van der Waals surface area contributed by atoms with Crippen molar-refractivity contribution < 1.29 is 19.7 Å². The Balaban J connectivity index is 1.61. The van der Waals surface area contributed by atoms with Crippen LogP contribution in [0.25, 0.3) is 0 Å². The van der Waals surface area contributed by atoms with Gasteiger partial charge in [-0.2, -0.15) is 0 Å². The Hall–Kier alpha value is -2.03. The molecule has 150 valence electrons. The van der Waals surface area contributed by atoms with Gasteiger partial charge >= 0.3 is 0 Å². The fraction of sp³-hybridized carbons (Fsp3) is 0.632. The summed E-state index contributed by atoms with van der Waals surface area (Å²) >= 11 is 0. The van der Waals surface area contributed by atoms with Crippen LogP contribution in [0.1, 0.15) is 25.7 Å². The number of aliphatic imine (C=N–C) groups is 1. The Morgan fingerprint density at radius 1 is 1.26 bits per heavy atom. The lowest BCUT2D eigenvalue weighted by Gasteiger charge is -2.29. The molecule has 0 bridgehead atoms. The number of ether oxygens (including phenoxy) is 2. The Morgan fingerprint density at radius 2 is 2.07 bits per heavy atom. The first kappa shape index (κ1) is 19.7. The predicted molar refractivity (Wildman–Crippen MR) is 104 cm³/mol. The van der Waals surface area contributed by atoms with Gasteiger partial charge in [0.15, 0.2) is 17.5 Å². The van der Waals surface area contributed by atoms with Crippen LogP contribution in [-0.4, -0.2) is 55.3 Å². The summed E-state index contributed by atoms with van der Waals surface area (Å²) in [6, 6.07) is 5.59. The average molecular weight is 378 g/mol. The molecule has 0 radical (unpaired) electrons. The molecular weight excluding hydrogens is 348 g/mol. The van der Waals surface area contributed by atoms with Gasteiger partial charge in [0.2, 0.25) is 6.79 Å². The molecule has 8 heteroatoms. The van der Waals surface area contributed by atoms with E-state index in [9.17, 15) is 5.11 Å². The van der Waals surface area contributed by atoms with Crippen molar-refractivity contribution in [2.75, 3.05) is 38.4 Å². The molecule has 0 spiro atoms. The minimum absolute atomic E-state index is 0.118. The van der Waals surface area contributed by atoms with E-state index in [1.54, 1.807) is 0 Å². The van der Waals surface area contributed by atoms with E-state index in [4.69, 9.17) is 20.3 Å². The second-order valence-corrected chi connectivity index (χ2v) is 7.23. The Labute approximate surface area is 159 Å². The number of hydrogen-bond acceptors (Lipinski definition) is 6. The molecule has 8 nitrogen and oxygen atoms in total. The first-order valence-corrected chi connectivity index (χ1v) is 9.62. The molecule has 1 fully saturated rings. The second kappa shape index (κ2) is 9.77. The number of hydrogen-bond donors (Lipinski definition) is 5. The van der Waals surface area contributed by atoms with Crippen LogP contribution in [0.4, 0.5) is 5.69 Å². The number of anilines is 1. The molecule has 2 aliphatic rings. The van der Waals surface area contributed by atoms with Crippen LogP contribution in [0.15, 0.2) is 23.2 Å². The lowest BCUT2D eigenvalue weighted by atomic mass is 9.81. The molecule has 0 aromatic heterocycles. The van der Waals surface area contributed by atoms with Gasteiger partial charge in [-0.3, -0.25) is 4.99 Å². The summed E-state index contributed by atoms with van der Waals surface area (Å²) in [4.78, 5) is 4.39. The summed E-state index contributed by atoms with van der Waals surface area (Å²) < 4.78 is 10.7. The molecule has 27 heavy (non-hydrogen) atoms. The summed E-state index contributed by atoms with van der Waals surface area (Å²) in [6.07, 6.45) is 3.85. The van der Waals surface area contributed by atoms with E-state index in [0.29, 0.717) is 23.5 Å². The van der Waals surface area contributed by atoms with Crippen LogP contribution < -0.4 is 25.8 Å². The quantitative estimate of drug-likeness (QED) is 0.353. The molecule has 3 rings (SSSR count). The highest BCUT2D eigenvalue weighted by molar-refractivity contribution is 5.94. The van der Waals surface area contributed by atoms with Gasteiger partial charge in [0.1, 0.15) is 0 Å². The Morgan fingerprint density at radius 3 is 2.89 bits per heavy atom. The van der Waals surface area contributed by atoms with Crippen LogP contribution in [-0.2, 0) is 0 Å². The van der Waals surface area contributed by atoms with E-state index in [1.165, 1.54) is 19.3 Å². The molecular formula is C19H30N4O4. The number of aliphatic hydroxyl groups excluding tert-OH is 2. The maximum absolute atomic E-state index is 9.62. The smallest absolute Gasteiger partial charge is 0.231 e. The molecule has 1 aliphatic carbocycles. The molecule has 0 saturated heterocycles. The van der Waals surface area contributed by atoms with Crippen LogP contribution in [0, 0.1) is 11.8 Å². The standard InChI is InChI=1S/C19H30N4O4/c20-8-13-2-1-3-14(6-13)9-21-19(22-10-16(25)11-24)23-15-4-5-17-18(7-15)27-12-26-17/h4-5,7,13-14,16,24-25H,1-3,6,8-12,20H2,(H2,21,22,23). The number of benzene rings is 1. The van der Waals surface area contributed by atoms with Crippen molar-refractivity contribution in [2.24, 2.45) is 22.6 Å². The molecule has 3 unspecified atom stereocenters. The summed E-state index contributed by atoms with van der Waals surface area (Å²) in [5.74, 6) is 3.13. The van der Waals surface area contributed by atoms with E-state index in [2.05, 4.69) is 15.6 Å². The zero-order valence-electron chi connectivity index (χ0n) is 15.6. The maximum Gasteiger partial charge on any atom is 0.231 e. The largest absolute Gasteiger partial charge is 0.454 e. The van der Waals surface area contributed by atoms with Gasteiger partial charge in [-0.25, -0.2) is 0 Å². The normalized spacial score (nSPS) is 23.1. The van der Waals surface area contributed by atoms with Gasteiger partial charge in [0.05, 0.1) is 19.3 Å². The first-order valence-electron chi connectivity index (χ1n) is 9.62. The average Bonchev–Trinajstić information content (AvgIpc) is 3.17. The Bertz CT molecular complexity index is 640. The molecule has 0 amide bonds. The highest BCUT2D eigenvalue weighted by atomic mass is 16.7. The Kier molecular flexibility index (Phi) is 7.14. The molecule has 1 aliphatic heterocycles. The van der Waals surface area contributed by atoms with Crippen LogP contribution in [0.5, 0.6) is 11.5 Å². The van der Waals surface area contributed by atoms with Crippen LogP contribution in [0.3, 0.4) is 0 Å². The number of nitrogens with zero attached hydrogens (tertiary/aromatic N) is 1.